The fraction of sp³-hybridized carbons (Fsp3) is 0. The molecule has 0 saturated heterocycles. The third-order valence-corrected chi connectivity index (χ3v) is 5.83. The Labute approximate surface area is 194 Å². The fourth-order valence-corrected chi connectivity index (χ4v) is 4.28. The molecule has 1 heterocycles. The summed E-state index contributed by atoms with van der Waals surface area (Å²) in [6.45, 7) is 0. The summed E-state index contributed by atoms with van der Waals surface area (Å²) >= 11 is 13.1. The average molecular weight is 544 g/mol. The van der Waals surface area contributed by atoms with E-state index in [1.165, 1.54) is 6.08 Å². The van der Waals surface area contributed by atoms with Gasteiger partial charge in [-0.05, 0) is 59.7 Å². The number of ketones is 1. The number of hydrogen-bond donors (Lipinski definition) is 1. The molecule has 0 aliphatic rings. The summed E-state index contributed by atoms with van der Waals surface area (Å²) in [5.41, 5.74) is 2.39. The van der Waals surface area contributed by atoms with Crippen molar-refractivity contribution >= 4 is 66.2 Å². The van der Waals surface area contributed by atoms with Crippen molar-refractivity contribution in [2.75, 3.05) is 0 Å². The Morgan fingerprint density at radius 3 is 2.47 bits per heavy atom. The Balaban J connectivity index is 1.94. The van der Waals surface area contributed by atoms with Crippen LogP contribution in [0.15, 0.2) is 86.5 Å². The maximum atomic E-state index is 13.2. The minimum Gasteiger partial charge on any atom is -0.321 e. The molecule has 0 aliphatic heterocycles. The van der Waals surface area contributed by atoms with Crippen LogP contribution in [0.3, 0.4) is 0 Å². The second kappa shape index (κ2) is 8.72. The Bertz CT molecular complexity index is 1380. The minimum absolute atomic E-state index is 0.0779. The van der Waals surface area contributed by atoms with Gasteiger partial charge in [0, 0.05) is 30.4 Å². The number of hydrogen-bond acceptors (Lipinski definition) is 2. The number of allylic oxidation sites excluding steroid dienone is 1. The van der Waals surface area contributed by atoms with Crippen LogP contribution in [0.5, 0.6) is 0 Å². The van der Waals surface area contributed by atoms with Gasteiger partial charge >= 0.3 is 0 Å². The van der Waals surface area contributed by atoms with Gasteiger partial charge in [0.25, 0.3) is 5.56 Å². The van der Waals surface area contributed by atoms with E-state index < -0.39 is 5.56 Å². The van der Waals surface area contributed by atoms with Crippen LogP contribution in [0.25, 0.3) is 28.1 Å². The monoisotopic (exact) mass is 541 g/mol. The first-order valence-corrected chi connectivity index (χ1v) is 11.0. The van der Waals surface area contributed by atoms with Gasteiger partial charge in [0.05, 0.1) is 5.56 Å². The van der Waals surface area contributed by atoms with Crippen LogP contribution in [0.2, 0.25) is 5.02 Å². The van der Waals surface area contributed by atoms with Crippen molar-refractivity contribution in [2.45, 2.75) is 0 Å². The largest absolute Gasteiger partial charge is 0.321 e. The van der Waals surface area contributed by atoms with Gasteiger partial charge < -0.3 is 4.98 Å². The highest BCUT2D eigenvalue weighted by molar-refractivity contribution is 9.10. The van der Waals surface area contributed by atoms with Crippen LogP contribution in [-0.2, 0) is 0 Å². The lowest BCUT2D eigenvalue weighted by atomic mass is 9.94. The number of fused-ring (bicyclic) bond motifs is 1. The molecule has 6 heteroatoms. The molecular formula is C24H14Br2ClNO2. The van der Waals surface area contributed by atoms with Crippen molar-refractivity contribution in [2.24, 2.45) is 0 Å². The second-order valence-electron chi connectivity index (χ2n) is 6.66. The van der Waals surface area contributed by atoms with Crippen molar-refractivity contribution in [1.82, 2.24) is 4.98 Å². The van der Waals surface area contributed by atoms with Crippen LogP contribution < -0.4 is 5.56 Å². The van der Waals surface area contributed by atoms with Crippen LogP contribution in [0.1, 0.15) is 15.9 Å². The average Bonchev–Trinajstić information content (AvgIpc) is 2.71. The summed E-state index contributed by atoms with van der Waals surface area (Å²) in [7, 11) is 0. The van der Waals surface area contributed by atoms with E-state index in [9.17, 15) is 9.59 Å². The third kappa shape index (κ3) is 4.33. The van der Waals surface area contributed by atoms with E-state index in [1.807, 2.05) is 42.5 Å². The number of aromatic nitrogens is 1. The molecule has 30 heavy (non-hydrogen) atoms. The number of halogens is 3. The first kappa shape index (κ1) is 20.8. The first-order valence-electron chi connectivity index (χ1n) is 9.02. The highest BCUT2D eigenvalue weighted by Gasteiger charge is 2.19. The standard InChI is InChI=1S/C24H14Br2ClNO2/c25-16-5-1-3-14(11-16)7-10-21(29)23-22(15-4-2-6-18(27)12-15)19-13-17(26)8-9-20(19)28-24(23)30/h1-13H,(H,28,30)/b10-7+. The van der Waals surface area contributed by atoms with E-state index in [4.69, 9.17) is 11.6 Å². The van der Waals surface area contributed by atoms with Crippen LogP contribution in [0, 0.1) is 0 Å². The number of benzene rings is 3. The Hall–Kier alpha value is -2.47. The summed E-state index contributed by atoms with van der Waals surface area (Å²) in [5.74, 6) is -0.381. The van der Waals surface area contributed by atoms with E-state index in [0.717, 1.165) is 19.9 Å². The molecule has 4 aromatic rings. The van der Waals surface area contributed by atoms with Crippen molar-refractivity contribution in [3.05, 3.63) is 108 Å². The molecule has 0 bridgehead atoms. The number of rotatable bonds is 4. The lowest BCUT2D eigenvalue weighted by Crippen LogP contribution is -2.18. The van der Waals surface area contributed by atoms with Crippen molar-refractivity contribution in [3.63, 3.8) is 0 Å². The molecule has 1 N–H and O–H groups in total. The van der Waals surface area contributed by atoms with Gasteiger partial charge in [-0.3, -0.25) is 9.59 Å². The lowest BCUT2D eigenvalue weighted by molar-refractivity contribution is 0.104. The number of carbonyl (C=O) groups is 1. The molecule has 3 nitrogen and oxygen atoms in total. The minimum atomic E-state index is -0.441. The van der Waals surface area contributed by atoms with Crippen molar-refractivity contribution in [3.8, 4) is 11.1 Å². The fourth-order valence-electron chi connectivity index (χ4n) is 3.31. The number of pyridine rings is 1. The quantitative estimate of drug-likeness (QED) is 0.217. The van der Waals surface area contributed by atoms with Gasteiger partial charge in [0.1, 0.15) is 0 Å². The van der Waals surface area contributed by atoms with Crippen LogP contribution in [-0.4, -0.2) is 10.8 Å². The summed E-state index contributed by atoms with van der Waals surface area (Å²) in [6.07, 6.45) is 3.11. The molecule has 0 unspecified atom stereocenters. The summed E-state index contributed by atoms with van der Waals surface area (Å²) in [4.78, 5) is 28.9. The van der Waals surface area contributed by atoms with E-state index in [-0.39, 0.29) is 11.3 Å². The van der Waals surface area contributed by atoms with Gasteiger partial charge in [-0.2, -0.15) is 0 Å². The molecule has 0 radical (unpaired) electrons. The molecule has 4 rings (SSSR count). The number of nitrogens with one attached hydrogen (secondary N) is 1. The summed E-state index contributed by atoms with van der Waals surface area (Å²) in [6, 6.07) is 20.2. The second-order valence-corrected chi connectivity index (χ2v) is 8.92. The zero-order valence-corrected chi connectivity index (χ0v) is 19.4. The van der Waals surface area contributed by atoms with Crippen LogP contribution >= 0.6 is 43.5 Å². The van der Waals surface area contributed by atoms with Gasteiger partial charge in [-0.1, -0.05) is 73.8 Å². The molecule has 0 atom stereocenters. The van der Waals surface area contributed by atoms with Crippen molar-refractivity contribution < 1.29 is 4.79 Å². The third-order valence-electron chi connectivity index (χ3n) is 4.61. The molecule has 148 valence electrons. The molecule has 3 aromatic carbocycles. The summed E-state index contributed by atoms with van der Waals surface area (Å²) in [5, 5.41) is 1.28. The zero-order chi connectivity index (χ0) is 21.3. The maximum absolute atomic E-state index is 13.2. The topological polar surface area (TPSA) is 49.9 Å². The van der Waals surface area contributed by atoms with E-state index in [0.29, 0.717) is 21.7 Å². The van der Waals surface area contributed by atoms with Crippen LogP contribution in [0.4, 0.5) is 0 Å². The predicted molar refractivity (Wildman–Crippen MR) is 130 cm³/mol. The highest BCUT2D eigenvalue weighted by atomic mass is 79.9. The number of H-pyrrole nitrogens is 1. The van der Waals surface area contributed by atoms with Gasteiger partial charge in [0.15, 0.2) is 5.78 Å². The molecule has 0 amide bonds. The normalized spacial score (nSPS) is 11.3. The molecular weight excluding hydrogens is 530 g/mol. The Morgan fingerprint density at radius 1 is 0.933 bits per heavy atom. The molecule has 0 fully saturated rings. The van der Waals surface area contributed by atoms with Crippen molar-refractivity contribution in [1.29, 1.82) is 0 Å². The first-order chi connectivity index (χ1) is 14.4. The number of aromatic amines is 1. The van der Waals surface area contributed by atoms with Gasteiger partial charge in [-0.15, -0.1) is 0 Å². The zero-order valence-electron chi connectivity index (χ0n) is 15.5. The molecule has 1 aromatic heterocycles. The summed E-state index contributed by atoms with van der Waals surface area (Å²) < 4.78 is 1.75. The lowest BCUT2D eigenvalue weighted by Gasteiger charge is -2.12. The van der Waals surface area contributed by atoms with Gasteiger partial charge in [-0.25, -0.2) is 0 Å². The Kier molecular flexibility index (Phi) is 6.04. The molecule has 0 aliphatic carbocycles. The van der Waals surface area contributed by atoms with E-state index in [2.05, 4.69) is 36.8 Å². The van der Waals surface area contributed by atoms with E-state index in [1.54, 1.807) is 30.3 Å². The smallest absolute Gasteiger partial charge is 0.260 e. The SMILES string of the molecule is O=C(/C=C/c1cccc(Br)c1)c1c(-c2cccc(Cl)c2)c2cc(Br)ccc2[nH]c1=O. The van der Waals surface area contributed by atoms with Gasteiger partial charge in [0.2, 0.25) is 0 Å². The maximum Gasteiger partial charge on any atom is 0.260 e. The highest BCUT2D eigenvalue weighted by Crippen LogP contribution is 2.33. The predicted octanol–water partition coefficient (Wildman–Crippen LogP) is 7.27. The molecule has 0 spiro atoms. The molecule has 0 saturated carbocycles. The Morgan fingerprint density at radius 2 is 1.70 bits per heavy atom. The number of carbonyl (C=O) groups excluding carboxylic acids is 1. The van der Waals surface area contributed by atoms with E-state index >= 15 is 0 Å².